The van der Waals surface area contributed by atoms with Gasteiger partial charge in [-0.3, -0.25) is 9.59 Å². The van der Waals surface area contributed by atoms with Crippen LogP contribution in [0.15, 0.2) is 0 Å². The Bertz CT molecular complexity index is 1050. The number of carboxylic acids is 1. The van der Waals surface area contributed by atoms with E-state index in [0.717, 1.165) is 13.8 Å². The number of aliphatic hydroxyl groups is 10. The van der Waals surface area contributed by atoms with Gasteiger partial charge in [-0.25, -0.2) is 4.79 Å². The number of nitrogens with one attached hydrogen (secondary N) is 2. The predicted molar refractivity (Wildman–Crippen MR) is 142 cm³/mol. The first-order valence-corrected chi connectivity index (χ1v) is 14.2. The lowest BCUT2D eigenvalue weighted by Gasteiger charge is -2.50. The molecule has 0 aromatic rings. The molecular formula is C25H42N2O19. The highest BCUT2D eigenvalue weighted by atomic mass is 16.8. The largest absolute Gasteiger partial charge is 0.477 e. The normalized spacial score (nSPS) is 42.9. The van der Waals surface area contributed by atoms with E-state index in [9.17, 15) is 70.6 Å². The van der Waals surface area contributed by atoms with E-state index in [1.54, 1.807) is 0 Å². The summed E-state index contributed by atoms with van der Waals surface area (Å²) < 4.78 is 27.3. The van der Waals surface area contributed by atoms with E-state index in [0.29, 0.717) is 0 Å². The third-order valence-corrected chi connectivity index (χ3v) is 7.87. The smallest absolute Gasteiger partial charge is 0.364 e. The minimum Gasteiger partial charge on any atom is -0.477 e. The molecule has 46 heavy (non-hydrogen) atoms. The van der Waals surface area contributed by atoms with Crippen LogP contribution in [0.1, 0.15) is 20.3 Å². The number of carbonyl (C=O) groups excluding carboxylic acids is 2. The average Bonchev–Trinajstić information content (AvgIpc) is 2.99. The fourth-order valence-electron chi connectivity index (χ4n) is 5.56. The fraction of sp³-hybridized carbons (Fsp3) is 0.880. The molecule has 0 radical (unpaired) electrons. The van der Waals surface area contributed by atoms with E-state index in [2.05, 4.69) is 10.6 Å². The summed E-state index contributed by atoms with van der Waals surface area (Å²) in [4.78, 5) is 36.2. The molecule has 21 heteroatoms. The van der Waals surface area contributed by atoms with Gasteiger partial charge < -0.3 is 90.5 Å². The lowest BCUT2D eigenvalue weighted by Crippen LogP contribution is -2.71. The van der Waals surface area contributed by atoms with Gasteiger partial charge in [0.1, 0.15) is 67.1 Å². The van der Waals surface area contributed by atoms with Crippen LogP contribution in [-0.4, -0.2) is 191 Å². The number of carbonyl (C=O) groups is 3. The van der Waals surface area contributed by atoms with Crippen LogP contribution in [-0.2, 0) is 38.1 Å². The summed E-state index contributed by atoms with van der Waals surface area (Å²) in [5, 5.41) is 118. The van der Waals surface area contributed by atoms with Gasteiger partial charge in [0.25, 0.3) is 5.79 Å². The van der Waals surface area contributed by atoms with Crippen LogP contribution in [0.4, 0.5) is 0 Å². The predicted octanol–water partition coefficient (Wildman–Crippen LogP) is -8.08. The molecule has 21 nitrogen and oxygen atoms in total. The number of aliphatic hydroxyl groups excluding tert-OH is 10. The highest BCUT2D eigenvalue weighted by Gasteiger charge is 2.60. The Morgan fingerprint density at radius 1 is 0.848 bits per heavy atom. The molecule has 0 aromatic heterocycles. The van der Waals surface area contributed by atoms with Crippen molar-refractivity contribution < 1.29 is 94.2 Å². The molecular weight excluding hydrogens is 632 g/mol. The van der Waals surface area contributed by atoms with E-state index in [1.165, 1.54) is 0 Å². The maximum absolute atomic E-state index is 12.6. The SMILES string of the molecule is CC(=O)N[C@@H]1[C@@H](O[C@@H]2O[C@H](CO)[C@H](O)[C@H](O[C@@]3(C(=O)O)C[C@H](O)[C@@H](NC(C)=O)[C@H]([C@H](O)[C@H](O)CO)O3)[C@H]2O)[C@@H](O)[C@@H](CO)O[C@@H]1O. The first kappa shape index (κ1) is 38.3. The lowest BCUT2D eigenvalue weighted by molar-refractivity contribution is -0.380. The van der Waals surface area contributed by atoms with Crippen molar-refractivity contribution in [3.05, 3.63) is 0 Å². The Hall–Kier alpha value is -2.19. The third kappa shape index (κ3) is 8.08. The molecule has 3 aliphatic rings. The lowest BCUT2D eigenvalue weighted by atomic mass is 9.88. The van der Waals surface area contributed by atoms with Crippen molar-refractivity contribution >= 4 is 17.8 Å². The number of ether oxygens (including phenoxy) is 5. The van der Waals surface area contributed by atoms with Crippen molar-refractivity contribution in [1.82, 2.24) is 10.6 Å². The van der Waals surface area contributed by atoms with Crippen LogP contribution in [0.5, 0.6) is 0 Å². The fourth-order valence-corrected chi connectivity index (χ4v) is 5.56. The van der Waals surface area contributed by atoms with Crippen molar-refractivity contribution in [2.45, 2.75) is 118 Å². The molecule has 0 spiro atoms. The maximum Gasteiger partial charge on any atom is 0.364 e. The second-order valence-electron chi connectivity index (χ2n) is 11.2. The topological polar surface area (TPSA) is 344 Å². The van der Waals surface area contributed by atoms with Crippen LogP contribution in [0, 0.1) is 0 Å². The Labute approximate surface area is 260 Å². The van der Waals surface area contributed by atoms with Gasteiger partial charge in [0.05, 0.1) is 32.0 Å². The van der Waals surface area contributed by atoms with Crippen molar-refractivity contribution in [2.24, 2.45) is 0 Å². The molecule has 0 aliphatic carbocycles. The Morgan fingerprint density at radius 3 is 1.91 bits per heavy atom. The van der Waals surface area contributed by atoms with Gasteiger partial charge in [-0.05, 0) is 0 Å². The van der Waals surface area contributed by atoms with Crippen LogP contribution >= 0.6 is 0 Å². The summed E-state index contributed by atoms with van der Waals surface area (Å²) in [5.41, 5.74) is 0. The molecule has 3 heterocycles. The zero-order chi connectivity index (χ0) is 34.7. The summed E-state index contributed by atoms with van der Waals surface area (Å²) in [6.07, 6.45) is -25.8. The van der Waals surface area contributed by atoms with Crippen LogP contribution in [0.25, 0.3) is 0 Å². The van der Waals surface area contributed by atoms with Crippen LogP contribution in [0.3, 0.4) is 0 Å². The second-order valence-corrected chi connectivity index (χ2v) is 11.2. The van der Waals surface area contributed by atoms with Crippen molar-refractivity contribution in [2.75, 3.05) is 19.8 Å². The highest BCUT2D eigenvalue weighted by molar-refractivity contribution is 5.76. The standard InChI is InChI=1S/C25H42N2O19/c1-7(31)26-13-9(33)3-25(24(40)41,45-20(13)15(35)10(34)4-28)46-21-17(37)12(6-30)43-23(18(21)38)44-19-14(27-8(2)32)22(39)42-11(5-29)16(19)36/h9-23,28-30,33-39H,3-6H2,1-2H3,(H,26,31)(H,27,32)(H,40,41)/t9-,10+,11+,12+,13+,14+,15+,16-,17-,18+,19+,20+,21-,22-,23-,25+/m0/s1. The van der Waals surface area contributed by atoms with E-state index in [-0.39, 0.29) is 0 Å². The summed E-state index contributed by atoms with van der Waals surface area (Å²) in [6.45, 7) is -0.777. The van der Waals surface area contributed by atoms with Crippen LogP contribution in [0.2, 0.25) is 0 Å². The van der Waals surface area contributed by atoms with Gasteiger partial charge in [-0.1, -0.05) is 0 Å². The summed E-state index contributed by atoms with van der Waals surface area (Å²) in [5.74, 6) is -6.50. The molecule has 0 unspecified atom stereocenters. The van der Waals surface area contributed by atoms with E-state index >= 15 is 0 Å². The average molecular weight is 675 g/mol. The Balaban J connectivity index is 1.98. The molecule has 3 aliphatic heterocycles. The summed E-state index contributed by atoms with van der Waals surface area (Å²) >= 11 is 0. The molecule has 3 fully saturated rings. The number of carboxylic acid groups (broad SMARTS) is 1. The molecule has 3 rings (SSSR count). The zero-order valence-corrected chi connectivity index (χ0v) is 24.7. The Morgan fingerprint density at radius 2 is 1.39 bits per heavy atom. The molecule has 16 atom stereocenters. The molecule has 266 valence electrons. The van der Waals surface area contributed by atoms with Gasteiger partial charge in [0.2, 0.25) is 11.8 Å². The second kappa shape index (κ2) is 15.8. The number of aliphatic carboxylic acids is 1. The number of rotatable bonds is 12. The first-order chi connectivity index (χ1) is 21.5. The highest BCUT2D eigenvalue weighted by Crippen LogP contribution is 2.38. The maximum atomic E-state index is 12.6. The van der Waals surface area contributed by atoms with Gasteiger partial charge in [-0.2, -0.15) is 0 Å². The first-order valence-electron chi connectivity index (χ1n) is 14.2. The molecule has 0 bridgehead atoms. The molecule has 2 amide bonds. The Kier molecular flexibility index (Phi) is 13.1. The minimum absolute atomic E-state index is 0.720. The summed E-state index contributed by atoms with van der Waals surface area (Å²) in [7, 11) is 0. The molecule has 0 saturated carbocycles. The third-order valence-electron chi connectivity index (χ3n) is 7.87. The molecule has 0 aromatic carbocycles. The number of hydrogen-bond acceptors (Lipinski definition) is 18. The van der Waals surface area contributed by atoms with Crippen LogP contribution < -0.4 is 10.6 Å². The van der Waals surface area contributed by atoms with Gasteiger partial charge in [0, 0.05) is 20.3 Å². The van der Waals surface area contributed by atoms with E-state index in [1.807, 2.05) is 0 Å². The van der Waals surface area contributed by atoms with Crippen molar-refractivity contribution in [3.63, 3.8) is 0 Å². The minimum atomic E-state index is -3.04. The zero-order valence-electron chi connectivity index (χ0n) is 24.7. The monoisotopic (exact) mass is 674 g/mol. The van der Waals surface area contributed by atoms with E-state index in [4.69, 9.17) is 23.7 Å². The molecule has 13 N–H and O–H groups in total. The van der Waals surface area contributed by atoms with Gasteiger partial charge in [-0.15, -0.1) is 0 Å². The van der Waals surface area contributed by atoms with Crippen molar-refractivity contribution in [3.8, 4) is 0 Å². The van der Waals surface area contributed by atoms with E-state index < -0.39 is 142 Å². The van der Waals surface area contributed by atoms with Gasteiger partial charge >= 0.3 is 5.97 Å². The quantitative estimate of drug-likeness (QED) is 0.0913. The van der Waals surface area contributed by atoms with Gasteiger partial charge in [0.15, 0.2) is 12.6 Å². The molecule has 3 saturated heterocycles. The summed E-state index contributed by atoms with van der Waals surface area (Å²) in [6, 6.07) is -3.08. The number of amides is 2. The number of hydrogen-bond donors (Lipinski definition) is 13. The van der Waals surface area contributed by atoms with Crippen molar-refractivity contribution in [1.29, 1.82) is 0 Å².